The summed E-state index contributed by atoms with van der Waals surface area (Å²) in [5.74, 6) is 6.79. The minimum absolute atomic E-state index is 0. The molecule has 1 N–H and O–H groups in total. The van der Waals surface area contributed by atoms with E-state index in [0.717, 1.165) is 49.1 Å². The molecule has 0 aromatic heterocycles. The van der Waals surface area contributed by atoms with Gasteiger partial charge in [-0.1, -0.05) is 73.3 Å². The molecule has 3 aromatic carbocycles. The van der Waals surface area contributed by atoms with Crippen LogP contribution in [-0.4, -0.2) is 78.6 Å². The Morgan fingerprint density at radius 1 is 0.976 bits per heavy atom. The van der Waals surface area contributed by atoms with Crippen molar-refractivity contribution in [3.8, 4) is 17.6 Å². The summed E-state index contributed by atoms with van der Waals surface area (Å²) in [5, 5.41) is 10.9. The number of amides is 1. The van der Waals surface area contributed by atoms with Gasteiger partial charge in [0.2, 0.25) is 0 Å². The second kappa shape index (κ2) is 16.7. The van der Waals surface area contributed by atoms with Crippen LogP contribution in [0.5, 0.6) is 5.75 Å². The SMILES string of the molecule is C.CCOC(=O)N(O)CCC#Cc1ccc(OCCN2CCN([C@H](c3ccccc3)c3ccc(Cl)cc3)CC2)cc1. The minimum atomic E-state index is -0.762. The third kappa shape index (κ3) is 9.80. The predicted octanol–water partition coefficient (Wildman–Crippen LogP) is 6.35. The molecule has 0 unspecified atom stereocenters. The average Bonchev–Trinajstić information content (AvgIpc) is 2.98. The Morgan fingerprint density at radius 3 is 2.29 bits per heavy atom. The number of hydrogen-bond donors (Lipinski definition) is 1. The Morgan fingerprint density at radius 2 is 1.63 bits per heavy atom. The van der Waals surface area contributed by atoms with Crippen molar-refractivity contribution >= 4 is 17.7 Å². The van der Waals surface area contributed by atoms with Crippen LogP contribution >= 0.6 is 11.6 Å². The highest BCUT2D eigenvalue weighted by Crippen LogP contribution is 2.30. The van der Waals surface area contributed by atoms with Crippen LogP contribution < -0.4 is 4.74 Å². The molecule has 1 aliphatic heterocycles. The standard InChI is InChI=1S/C32H36ClN3O4.CH4/c1-2-39-32(37)36(38)19-7-6-8-26-11-17-30(18-12-26)40-25-24-34-20-22-35(23-21-34)31(27-9-4-3-5-10-27)28-13-15-29(33)16-14-28;/h3-5,9-18,31,38H,2,7,19-25H2,1H3;1H4/t31-;/m1./s1. The minimum Gasteiger partial charge on any atom is -0.492 e. The fourth-order valence-corrected chi connectivity index (χ4v) is 4.81. The van der Waals surface area contributed by atoms with Gasteiger partial charge in [0.05, 0.1) is 19.2 Å². The first-order chi connectivity index (χ1) is 19.5. The van der Waals surface area contributed by atoms with Crippen molar-refractivity contribution in [2.75, 3.05) is 52.5 Å². The molecule has 1 atom stereocenters. The first-order valence-electron chi connectivity index (χ1n) is 13.6. The molecule has 8 heteroatoms. The molecular formula is C33H40ClN3O4. The average molecular weight is 578 g/mol. The lowest BCUT2D eigenvalue weighted by atomic mass is 9.96. The number of piperazine rings is 1. The molecule has 41 heavy (non-hydrogen) atoms. The fraction of sp³-hybridized carbons (Fsp3) is 0.364. The van der Waals surface area contributed by atoms with E-state index >= 15 is 0 Å². The molecule has 0 radical (unpaired) electrons. The van der Waals surface area contributed by atoms with Crippen molar-refractivity contribution < 1.29 is 19.5 Å². The van der Waals surface area contributed by atoms with E-state index in [4.69, 9.17) is 21.1 Å². The van der Waals surface area contributed by atoms with E-state index in [1.165, 1.54) is 11.1 Å². The van der Waals surface area contributed by atoms with E-state index in [1.54, 1.807) is 6.92 Å². The molecule has 0 aliphatic carbocycles. The third-order valence-electron chi connectivity index (χ3n) is 6.76. The lowest BCUT2D eigenvalue weighted by Crippen LogP contribution is -2.48. The highest BCUT2D eigenvalue weighted by atomic mass is 35.5. The van der Waals surface area contributed by atoms with Gasteiger partial charge in [0.15, 0.2) is 0 Å². The smallest absolute Gasteiger partial charge is 0.433 e. The molecule has 1 heterocycles. The summed E-state index contributed by atoms with van der Waals surface area (Å²) in [5.41, 5.74) is 3.40. The molecule has 1 amide bonds. The van der Waals surface area contributed by atoms with Gasteiger partial charge < -0.3 is 9.47 Å². The number of nitrogens with zero attached hydrogens (tertiary/aromatic N) is 3. The number of rotatable bonds is 10. The Kier molecular flexibility index (Phi) is 13.0. The Labute approximate surface area is 249 Å². The van der Waals surface area contributed by atoms with Gasteiger partial charge in [-0.3, -0.25) is 15.0 Å². The Balaban J connectivity index is 0.00000462. The first kappa shape index (κ1) is 32.0. The summed E-state index contributed by atoms with van der Waals surface area (Å²) in [6, 6.07) is 26.7. The van der Waals surface area contributed by atoms with Crippen LogP contribution in [0.25, 0.3) is 0 Å². The van der Waals surface area contributed by atoms with Gasteiger partial charge in [0.1, 0.15) is 12.4 Å². The summed E-state index contributed by atoms with van der Waals surface area (Å²) in [6.45, 7) is 7.39. The van der Waals surface area contributed by atoms with E-state index < -0.39 is 6.09 Å². The highest BCUT2D eigenvalue weighted by molar-refractivity contribution is 6.30. The van der Waals surface area contributed by atoms with Crippen LogP contribution in [0.2, 0.25) is 5.02 Å². The van der Waals surface area contributed by atoms with Gasteiger partial charge in [-0.25, -0.2) is 4.79 Å². The summed E-state index contributed by atoms with van der Waals surface area (Å²) in [4.78, 5) is 16.4. The maximum Gasteiger partial charge on any atom is 0.433 e. The molecule has 1 aliphatic rings. The number of carbonyl (C=O) groups is 1. The lowest BCUT2D eigenvalue weighted by Gasteiger charge is -2.39. The van der Waals surface area contributed by atoms with E-state index in [9.17, 15) is 10.0 Å². The maximum absolute atomic E-state index is 11.4. The number of carbonyl (C=O) groups excluding carboxylic acids is 1. The second-order valence-corrected chi connectivity index (χ2v) is 9.93. The number of hydroxylamine groups is 2. The van der Waals surface area contributed by atoms with Crippen molar-refractivity contribution in [1.82, 2.24) is 14.9 Å². The van der Waals surface area contributed by atoms with E-state index in [0.29, 0.717) is 18.1 Å². The van der Waals surface area contributed by atoms with Crippen molar-refractivity contribution in [3.05, 3.63) is 101 Å². The summed E-state index contributed by atoms with van der Waals surface area (Å²) in [6.07, 6.45) is -0.422. The van der Waals surface area contributed by atoms with Gasteiger partial charge in [0, 0.05) is 49.7 Å². The quantitative estimate of drug-likeness (QED) is 0.172. The predicted molar refractivity (Wildman–Crippen MR) is 163 cm³/mol. The summed E-state index contributed by atoms with van der Waals surface area (Å²) >= 11 is 6.16. The molecule has 218 valence electrons. The number of benzene rings is 3. The van der Waals surface area contributed by atoms with Crippen LogP contribution in [0.3, 0.4) is 0 Å². The monoisotopic (exact) mass is 577 g/mol. The highest BCUT2D eigenvalue weighted by Gasteiger charge is 2.26. The topological polar surface area (TPSA) is 65.5 Å². The molecular weight excluding hydrogens is 538 g/mol. The van der Waals surface area contributed by atoms with E-state index in [-0.39, 0.29) is 26.6 Å². The first-order valence-corrected chi connectivity index (χ1v) is 14.0. The van der Waals surface area contributed by atoms with Crippen molar-refractivity contribution in [1.29, 1.82) is 0 Å². The van der Waals surface area contributed by atoms with Crippen molar-refractivity contribution in [3.63, 3.8) is 0 Å². The van der Waals surface area contributed by atoms with Crippen LogP contribution in [0.1, 0.15) is 43.5 Å². The third-order valence-corrected chi connectivity index (χ3v) is 7.02. The molecule has 1 fully saturated rings. The number of ether oxygens (including phenoxy) is 2. The van der Waals surface area contributed by atoms with Crippen LogP contribution in [0.4, 0.5) is 4.79 Å². The van der Waals surface area contributed by atoms with Crippen LogP contribution in [0, 0.1) is 11.8 Å². The molecule has 7 nitrogen and oxygen atoms in total. The van der Waals surface area contributed by atoms with Gasteiger partial charge in [-0.2, -0.15) is 5.06 Å². The Bertz CT molecular complexity index is 1250. The summed E-state index contributed by atoms with van der Waals surface area (Å²) < 4.78 is 10.7. The van der Waals surface area contributed by atoms with E-state index in [1.807, 2.05) is 36.4 Å². The largest absolute Gasteiger partial charge is 0.492 e. The van der Waals surface area contributed by atoms with E-state index in [2.05, 4.69) is 64.1 Å². The zero-order chi connectivity index (χ0) is 28.2. The van der Waals surface area contributed by atoms with Crippen LogP contribution in [-0.2, 0) is 4.74 Å². The lowest BCUT2D eigenvalue weighted by molar-refractivity contribution is -0.0714. The maximum atomic E-state index is 11.4. The Hall–Kier alpha value is -3.54. The molecule has 0 spiro atoms. The fourth-order valence-electron chi connectivity index (χ4n) is 4.68. The van der Waals surface area contributed by atoms with Gasteiger partial charge in [0.25, 0.3) is 0 Å². The number of hydrogen-bond acceptors (Lipinski definition) is 6. The molecule has 0 saturated carbocycles. The molecule has 3 aromatic rings. The normalized spacial score (nSPS) is 14.2. The number of halogens is 1. The van der Waals surface area contributed by atoms with Crippen molar-refractivity contribution in [2.24, 2.45) is 0 Å². The van der Waals surface area contributed by atoms with Gasteiger partial charge in [-0.05, 0) is 54.4 Å². The zero-order valence-electron chi connectivity index (χ0n) is 22.8. The van der Waals surface area contributed by atoms with Crippen LogP contribution in [0.15, 0.2) is 78.9 Å². The van der Waals surface area contributed by atoms with Gasteiger partial charge in [-0.15, -0.1) is 0 Å². The molecule has 0 bridgehead atoms. The second-order valence-electron chi connectivity index (χ2n) is 9.49. The zero-order valence-corrected chi connectivity index (χ0v) is 23.6. The molecule has 1 saturated heterocycles. The van der Waals surface area contributed by atoms with Gasteiger partial charge >= 0.3 is 6.09 Å². The van der Waals surface area contributed by atoms with Crippen molar-refractivity contribution in [2.45, 2.75) is 26.8 Å². The molecule has 4 rings (SSSR count). The summed E-state index contributed by atoms with van der Waals surface area (Å²) in [7, 11) is 0.